The third-order valence-electron chi connectivity index (χ3n) is 3.03. The highest BCUT2D eigenvalue weighted by Gasteiger charge is 2.12. The van der Waals surface area contributed by atoms with Gasteiger partial charge in [-0.25, -0.2) is 23.0 Å². The Morgan fingerprint density at radius 1 is 1.00 bits per heavy atom. The summed E-state index contributed by atoms with van der Waals surface area (Å²) in [4.78, 5) is 8.71. The molecule has 0 aliphatic carbocycles. The van der Waals surface area contributed by atoms with E-state index in [2.05, 4.69) is 9.97 Å². The maximum absolute atomic E-state index is 11.2. The Morgan fingerprint density at radius 3 is 2.27 bits per heavy atom. The molecule has 0 amide bonds. The van der Waals surface area contributed by atoms with Crippen molar-refractivity contribution in [1.82, 2.24) is 9.97 Å². The van der Waals surface area contributed by atoms with Crippen LogP contribution in [0.3, 0.4) is 0 Å². The third-order valence-corrected chi connectivity index (χ3v) is 4.33. The van der Waals surface area contributed by atoms with Crippen molar-refractivity contribution in [3.63, 3.8) is 0 Å². The van der Waals surface area contributed by atoms with Gasteiger partial charge in [0, 0.05) is 11.8 Å². The van der Waals surface area contributed by atoms with Gasteiger partial charge >= 0.3 is 0 Å². The predicted molar refractivity (Wildman–Crippen MR) is 85.3 cm³/mol. The Hall–Kier alpha value is -2.22. The highest BCUT2D eigenvalue weighted by Crippen LogP contribution is 2.27. The number of hydrogen-bond acceptors (Lipinski definition) is 5. The molecule has 2 N–H and O–H groups in total. The summed E-state index contributed by atoms with van der Waals surface area (Å²) in [5.74, 6) is 0.434. The second-order valence-corrected chi connectivity index (χ2v) is 6.44. The smallest absolute Gasteiger partial charge is 0.238 e. The summed E-state index contributed by atoms with van der Waals surface area (Å²) in [6, 6.07) is 13.3. The van der Waals surface area contributed by atoms with Crippen LogP contribution >= 0.6 is 11.8 Å². The zero-order chi connectivity index (χ0) is 15.7. The lowest BCUT2D eigenvalue weighted by Gasteiger charge is -2.15. The fourth-order valence-corrected chi connectivity index (χ4v) is 2.65. The Balaban J connectivity index is 1.96. The normalized spacial score (nSPS) is 11.5. The van der Waals surface area contributed by atoms with Gasteiger partial charge in [0.05, 0.1) is 27.8 Å². The molecule has 0 aliphatic rings. The molecular weight excluding hydrogens is 324 g/mol. The van der Waals surface area contributed by atoms with Gasteiger partial charge < -0.3 is 0 Å². The van der Waals surface area contributed by atoms with Crippen LogP contribution in [0.15, 0.2) is 59.6 Å². The molecule has 0 saturated carbocycles. The minimum Gasteiger partial charge on any atom is -0.251 e. The molecule has 0 unspecified atom stereocenters. The van der Waals surface area contributed by atoms with Crippen molar-refractivity contribution in [2.75, 3.05) is 4.42 Å². The largest absolute Gasteiger partial charge is 0.251 e. The summed E-state index contributed by atoms with van der Waals surface area (Å²) in [6.45, 7) is 0. The van der Waals surface area contributed by atoms with Crippen LogP contribution in [0.1, 0.15) is 0 Å². The summed E-state index contributed by atoms with van der Waals surface area (Å²) < 4.78 is 23.8. The molecule has 1 aromatic heterocycles. The lowest BCUT2D eigenvalue weighted by atomic mass is 10.3. The number of primary sulfonamides is 1. The molecule has 3 rings (SSSR count). The first-order valence-corrected chi connectivity index (χ1v) is 8.14. The highest BCUT2D eigenvalue weighted by molar-refractivity contribution is 7.89. The van der Waals surface area contributed by atoms with E-state index in [4.69, 9.17) is 16.9 Å². The number of anilines is 2. The summed E-state index contributed by atoms with van der Waals surface area (Å²) in [6.07, 6.45) is 1.54. The SMILES string of the molecule is NS(=O)(=O)c1ccc(N(Cl)c2cnc3ccccc3n2)cc1. The summed E-state index contributed by atoms with van der Waals surface area (Å²) in [5, 5.41) is 5.06. The van der Waals surface area contributed by atoms with E-state index >= 15 is 0 Å². The first-order chi connectivity index (χ1) is 10.4. The van der Waals surface area contributed by atoms with E-state index in [1.807, 2.05) is 24.3 Å². The molecule has 6 nitrogen and oxygen atoms in total. The highest BCUT2D eigenvalue weighted by atomic mass is 35.5. The summed E-state index contributed by atoms with van der Waals surface area (Å²) in [5.41, 5.74) is 2.03. The summed E-state index contributed by atoms with van der Waals surface area (Å²) in [7, 11) is -3.73. The topological polar surface area (TPSA) is 89.2 Å². The van der Waals surface area contributed by atoms with Gasteiger partial charge in [0.1, 0.15) is 0 Å². The molecule has 1 heterocycles. The molecule has 0 radical (unpaired) electrons. The molecule has 0 spiro atoms. The minimum absolute atomic E-state index is 0.0194. The molecule has 22 heavy (non-hydrogen) atoms. The van der Waals surface area contributed by atoms with Gasteiger partial charge in [-0.05, 0) is 36.4 Å². The van der Waals surface area contributed by atoms with Crippen molar-refractivity contribution in [2.45, 2.75) is 4.90 Å². The second kappa shape index (κ2) is 5.53. The lowest BCUT2D eigenvalue weighted by molar-refractivity contribution is 0.598. The molecule has 0 atom stereocenters. The zero-order valence-electron chi connectivity index (χ0n) is 11.2. The number of aromatic nitrogens is 2. The Bertz CT molecular complexity index is 929. The van der Waals surface area contributed by atoms with Gasteiger partial charge in [-0.15, -0.1) is 0 Å². The number of hydrogen-bond donors (Lipinski definition) is 1. The van der Waals surface area contributed by atoms with Crippen molar-refractivity contribution < 1.29 is 8.42 Å². The van der Waals surface area contributed by atoms with Crippen LogP contribution in [0, 0.1) is 0 Å². The quantitative estimate of drug-likeness (QED) is 0.743. The van der Waals surface area contributed by atoms with Crippen LogP contribution in [0.25, 0.3) is 11.0 Å². The number of para-hydroxylation sites is 2. The third kappa shape index (κ3) is 2.87. The average Bonchev–Trinajstić information content (AvgIpc) is 2.53. The van der Waals surface area contributed by atoms with Crippen molar-refractivity contribution in [1.29, 1.82) is 0 Å². The number of nitrogens with two attached hydrogens (primary N) is 1. The number of benzene rings is 2. The molecule has 8 heteroatoms. The van der Waals surface area contributed by atoms with Crippen LogP contribution in [0.4, 0.5) is 11.5 Å². The lowest BCUT2D eigenvalue weighted by Crippen LogP contribution is -2.12. The maximum atomic E-state index is 11.2. The Labute approximate surface area is 132 Å². The number of halogens is 1. The molecule has 2 aromatic carbocycles. The van der Waals surface area contributed by atoms with E-state index < -0.39 is 10.0 Å². The number of nitrogens with zero attached hydrogens (tertiary/aromatic N) is 3. The van der Waals surface area contributed by atoms with Crippen molar-refractivity contribution in [2.24, 2.45) is 5.14 Å². The minimum atomic E-state index is -3.73. The molecule has 0 saturated heterocycles. The molecule has 0 fully saturated rings. The van der Waals surface area contributed by atoms with E-state index in [0.29, 0.717) is 17.0 Å². The van der Waals surface area contributed by atoms with Gasteiger partial charge in [0.2, 0.25) is 10.0 Å². The zero-order valence-corrected chi connectivity index (χ0v) is 12.8. The molecule has 0 aliphatic heterocycles. The molecule has 112 valence electrons. The van der Waals surface area contributed by atoms with Crippen LogP contribution in [-0.4, -0.2) is 18.4 Å². The molecule has 0 bridgehead atoms. The van der Waals surface area contributed by atoms with E-state index in [9.17, 15) is 8.42 Å². The number of rotatable bonds is 3. The van der Waals surface area contributed by atoms with Gasteiger partial charge in [-0.2, -0.15) is 0 Å². The first kappa shape index (κ1) is 14.7. The number of fused-ring (bicyclic) bond motifs is 1. The van der Waals surface area contributed by atoms with E-state index in [-0.39, 0.29) is 4.90 Å². The second-order valence-electron chi connectivity index (χ2n) is 4.54. The van der Waals surface area contributed by atoms with E-state index in [0.717, 1.165) is 5.52 Å². The molecular formula is C14H11ClN4O2S. The average molecular weight is 335 g/mol. The first-order valence-electron chi connectivity index (χ1n) is 6.26. The van der Waals surface area contributed by atoms with E-state index in [1.165, 1.54) is 16.6 Å². The Morgan fingerprint density at radius 2 is 1.64 bits per heavy atom. The summed E-state index contributed by atoms with van der Waals surface area (Å²) >= 11 is 6.25. The molecule has 3 aromatic rings. The predicted octanol–water partition coefficient (Wildman–Crippen LogP) is 2.57. The van der Waals surface area contributed by atoms with Crippen molar-refractivity contribution >= 4 is 44.3 Å². The van der Waals surface area contributed by atoms with Crippen molar-refractivity contribution in [3.8, 4) is 0 Å². The van der Waals surface area contributed by atoms with Gasteiger partial charge in [-0.1, -0.05) is 12.1 Å². The van der Waals surface area contributed by atoms with Crippen LogP contribution in [0.5, 0.6) is 0 Å². The van der Waals surface area contributed by atoms with Gasteiger partial charge in [0.25, 0.3) is 0 Å². The maximum Gasteiger partial charge on any atom is 0.238 e. The fourth-order valence-electron chi connectivity index (χ4n) is 1.94. The van der Waals surface area contributed by atoms with Crippen LogP contribution < -0.4 is 9.56 Å². The standard InChI is InChI=1S/C14H11ClN4O2S/c15-19(10-5-7-11(8-6-10)22(16,20)21)14-9-17-12-3-1-2-4-13(12)18-14/h1-9H,(H2,16,20,21). The van der Waals surface area contributed by atoms with Gasteiger partial charge in [-0.3, -0.25) is 4.98 Å². The van der Waals surface area contributed by atoms with E-state index in [1.54, 1.807) is 18.3 Å². The monoisotopic (exact) mass is 334 g/mol. The van der Waals surface area contributed by atoms with Gasteiger partial charge in [0.15, 0.2) is 5.82 Å². The Kier molecular flexibility index (Phi) is 3.69. The van der Waals surface area contributed by atoms with Crippen LogP contribution in [0.2, 0.25) is 0 Å². The van der Waals surface area contributed by atoms with Crippen molar-refractivity contribution in [3.05, 3.63) is 54.7 Å². The van der Waals surface area contributed by atoms with Crippen LogP contribution in [-0.2, 0) is 10.0 Å². The fraction of sp³-hybridized carbons (Fsp3) is 0. The number of sulfonamides is 1.